The molecule has 8 aromatic rings. The summed E-state index contributed by atoms with van der Waals surface area (Å²) in [5, 5.41) is 4.81. The highest BCUT2D eigenvalue weighted by Gasteiger charge is 2.78. The van der Waals surface area contributed by atoms with E-state index in [2.05, 4.69) is 13.2 Å². The molecule has 0 spiro atoms. The summed E-state index contributed by atoms with van der Waals surface area (Å²) in [6.45, 7) is 12.8. The zero-order valence-electron chi connectivity index (χ0n) is 42.1. The number of fused-ring (bicyclic) bond motifs is 6. The van der Waals surface area contributed by atoms with E-state index in [4.69, 9.17) is 53.5 Å². The maximum absolute atomic E-state index is 8.39. The summed E-state index contributed by atoms with van der Waals surface area (Å²) in [6, 6.07) is 77.7. The highest BCUT2D eigenvalue weighted by molar-refractivity contribution is 7.10. The molecule has 12 rings (SSSR count). The molecule has 77 heavy (non-hydrogen) atoms. The zero-order chi connectivity index (χ0) is 52.7. The van der Waals surface area contributed by atoms with Gasteiger partial charge in [-0.3, -0.25) is 0 Å². The third kappa shape index (κ3) is 10.1. The molecule has 0 amide bonds. The molecule has 0 radical (unpaired) electrons. The molecule has 8 aromatic carbocycles. The summed E-state index contributed by atoms with van der Waals surface area (Å²) in [4.78, 5) is 0. The maximum Gasteiger partial charge on any atom is 0.515 e. The van der Waals surface area contributed by atoms with Crippen LogP contribution in [0.15, 0.2) is 267 Å². The average molecular weight is 1190 g/mol. The monoisotopic (exact) mass is 1190 g/mol. The van der Waals surface area contributed by atoms with Crippen molar-refractivity contribution in [1.82, 2.24) is 0 Å². The summed E-state index contributed by atoms with van der Waals surface area (Å²) in [7, 11) is -44.5. The van der Waals surface area contributed by atoms with E-state index in [1.54, 1.807) is 11.4 Å². The molecule has 10 atom stereocenters. The van der Waals surface area contributed by atoms with Gasteiger partial charge in [-0.25, -0.2) is 0 Å². The molecule has 388 valence electrons. The Kier molecular flexibility index (Phi) is 14.5. The van der Waals surface area contributed by atoms with Gasteiger partial charge >= 0.3 is 88.5 Å². The van der Waals surface area contributed by atoms with Crippen LogP contribution in [0, 0.1) is 0 Å². The molecule has 0 saturated carbocycles. The van der Waals surface area contributed by atoms with Crippen molar-refractivity contribution >= 4 is 130 Å². The lowest BCUT2D eigenvalue weighted by Gasteiger charge is -2.57. The second-order valence-corrected chi connectivity index (χ2v) is 47.6. The van der Waals surface area contributed by atoms with Gasteiger partial charge < -0.3 is 53.5 Å². The van der Waals surface area contributed by atoms with Crippen LogP contribution in [-0.4, -0.2) is 88.5 Å². The Labute approximate surface area is 460 Å². The quantitative estimate of drug-likeness (QED) is 0.183. The SMILES string of the molecule is C=C[Si]1(C)O[SiH](c2ccccc2)O[Si]2(c3ccccc3)O[Si]3(c4ccccc4)O[SiH](c4ccccc4)O[Si]4(c5ccccc5)O[Si](c5ccccc5)(O1)O[Si](c1ccccc1)(O2)O[Si](c1ccccc1)(O[Si](C)(C=C)O3)O4. The normalized spacial score (nSPS) is 33.2. The van der Waals surface area contributed by atoms with Gasteiger partial charge in [0.05, 0.1) is 0 Å². The second kappa shape index (κ2) is 21.2. The van der Waals surface area contributed by atoms with Gasteiger partial charge in [-0.05, 0) is 23.5 Å². The van der Waals surface area contributed by atoms with Crippen LogP contribution in [0.3, 0.4) is 0 Å². The molecule has 13 nitrogen and oxygen atoms in total. The van der Waals surface area contributed by atoms with Crippen LogP contribution in [0.4, 0.5) is 0 Å². The van der Waals surface area contributed by atoms with Crippen LogP contribution in [0.25, 0.3) is 0 Å². The predicted molar refractivity (Wildman–Crippen MR) is 315 cm³/mol. The Hall–Kier alpha value is -5.11. The molecule has 0 N–H and O–H groups in total. The number of hydrogen-bond donors (Lipinski definition) is 0. The molecule has 4 aliphatic heterocycles. The lowest BCUT2D eigenvalue weighted by Crippen LogP contribution is -2.89. The standard InChI is InChI=1S/C54H54O13Si10/c1-5-70(3)55-68(47-31-15-7-16-32-47)56-73(50-37-21-10-22-38-50)62-72(49-35-19-9-20-36-49)57-69(48-33-17-8-18-34-48)58-74(51-39-23-11-24-40-51)63-75(59-70,52-41-25-12-26-42-52)66-77(65-73,54-45-29-14-30-46-54)67-76(64-74,53-43-27-13-28-44-53)61-71(4,6-2)60-72/h5-46,68-69H,1-2H2,3-4H3. The first kappa shape index (κ1) is 52.6. The van der Waals surface area contributed by atoms with Gasteiger partial charge in [0.1, 0.15) is 0 Å². The Morgan fingerprint density at radius 2 is 0.468 bits per heavy atom. The van der Waals surface area contributed by atoms with Gasteiger partial charge in [-0.1, -0.05) is 254 Å². The van der Waals surface area contributed by atoms with E-state index in [1.165, 1.54) is 0 Å². The van der Waals surface area contributed by atoms with Crippen molar-refractivity contribution in [3.05, 3.63) is 267 Å². The summed E-state index contributed by atoms with van der Waals surface area (Å²) in [5.41, 5.74) is 3.47. The Balaban J connectivity index is 1.34. The molecule has 6 bridgehead atoms. The average Bonchev–Trinajstić information content (AvgIpc) is 3.62. The molecule has 4 saturated heterocycles. The van der Waals surface area contributed by atoms with E-state index in [0.29, 0.717) is 31.1 Å². The smallest absolute Gasteiger partial charge is 0.411 e. The summed E-state index contributed by atoms with van der Waals surface area (Å²) >= 11 is 0. The van der Waals surface area contributed by atoms with Gasteiger partial charge in [-0.2, -0.15) is 0 Å². The Morgan fingerprint density at radius 1 is 0.260 bits per heavy atom. The third-order valence-electron chi connectivity index (χ3n) is 13.4. The van der Waals surface area contributed by atoms with Crippen LogP contribution >= 0.6 is 0 Å². The lowest BCUT2D eigenvalue weighted by molar-refractivity contribution is 0.0625. The van der Waals surface area contributed by atoms with Gasteiger partial charge in [0.15, 0.2) is 0 Å². The van der Waals surface area contributed by atoms with E-state index in [1.807, 2.05) is 256 Å². The minimum atomic E-state index is -5.06. The molecule has 4 fully saturated rings. The molecule has 4 heterocycles. The van der Waals surface area contributed by atoms with Crippen LogP contribution in [0.5, 0.6) is 0 Å². The number of benzene rings is 8. The van der Waals surface area contributed by atoms with Crippen LogP contribution in [0.1, 0.15) is 0 Å². The molecular formula is C54H54O13Si10. The highest BCUT2D eigenvalue weighted by Crippen LogP contribution is 2.42. The van der Waals surface area contributed by atoms with Crippen molar-refractivity contribution in [2.45, 2.75) is 13.1 Å². The van der Waals surface area contributed by atoms with Crippen molar-refractivity contribution in [2.75, 3.05) is 0 Å². The van der Waals surface area contributed by atoms with E-state index < -0.39 is 88.5 Å². The summed E-state index contributed by atoms with van der Waals surface area (Å²) in [5.74, 6) is 0. The summed E-state index contributed by atoms with van der Waals surface area (Å²) < 4.78 is 106. The van der Waals surface area contributed by atoms with E-state index >= 15 is 0 Å². The Bertz CT molecular complexity index is 3290. The molecule has 10 unspecified atom stereocenters. The highest BCUT2D eigenvalue weighted by atomic mass is 28.6. The molecule has 4 aliphatic rings. The fraction of sp³-hybridized carbons (Fsp3) is 0.0370. The van der Waals surface area contributed by atoms with E-state index in [0.717, 1.165) is 10.4 Å². The largest absolute Gasteiger partial charge is 0.515 e. The minimum Gasteiger partial charge on any atom is -0.411 e. The van der Waals surface area contributed by atoms with Gasteiger partial charge in [0.2, 0.25) is 0 Å². The van der Waals surface area contributed by atoms with Crippen molar-refractivity contribution in [3.8, 4) is 0 Å². The fourth-order valence-corrected chi connectivity index (χ4v) is 59.2. The van der Waals surface area contributed by atoms with Gasteiger partial charge in [-0.15, -0.1) is 13.2 Å². The minimum absolute atomic E-state index is 0.515. The second-order valence-electron chi connectivity index (χ2n) is 18.8. The number of hydrogen-bond acceptors (Lipinski definition) is 13. The zero-order valence-corrected chi connectivity index (χ0v) is 52.4. The first-order chi connectivity index (χ1) is 37.5. The summed E-state index contributed by atoms with van der Waals surface area (Å²) in [6.07, 6.45) is 0. The Morgan fingerprint density at radius 3 is 0.779 bits per heavy atom. The van der Waals surface area contributed by atoms with E-state index in [9.17, 15) is 0 Å². The van der Waals surface area contributed by atoms with E-state index in [-0.39, 0.29) is 0 Å². The molecule has 0 aromatic heterocycles. The fourth-order valence-electron chi connectivity index (χ4n) is 9.59. The maximum atomic E-state index is 8.39. The topological polar surface area (TPSA) is 120 Å². The van der Waals surface area contributed by atoms with Crippen LogP contribution in [0.2, 0.25) is 13.1 Å². The number of rotatable bonds is 10. The van der Waals surface area contributed by atoms with Crippen molar-refractivity contribution in [1.29, 1.82) is 0 Å². The molecular weight excluding hydrogens is 1140 g/mol. The van der Waals surface area contributed by atoms with Crippen LogP contribution < -0.4 is 41.5 Å². The van der Waals surface area contributed by atoms with Crippen molar-refractivity contribution < 1.29 is 53.5 Å². The lowest BCUT2D eigenvalue weighted by atomic mass is 10.4. The first-order valence-corrected chi connectivity index (χ1v) is 43.4. The molecule has 0 aliphatic carbocycles. The van der Waals surface area contributed by atoms with Crippen molar-refractivity contribution in [2.24, 2.45) is 0 Å². The van der Waals surface area contributed by atoms with Gasteiger partial charge in [0, 0.05) is 31.1 Å². The van der Waals surface area contributed by atoms with Crippen molar-refractivity contribution in [3.63, 3.8) is 0 Å². The molecule has 23 heteroatoms. The van der Waals surface area contributed by atoms with Crippen LogP contribution in [-0.2, 0) is 53.5 Å². The third-order valence-corrected chi connectivity index (χ3v) is 53.0. The first-order valence-electron chi connectivity index (χ1n) is 25.2. The predicted octanol–water partition coefficient (Wildman–Crippen LogP) is 4.18. The van der Waals surface area contributed by atoms with Gasteiger partial charge in [0.25, 0.3) is 0 Å².